The Bertz CT molecular complexity index is 1320. The average molecular weight is 490 g/mol. The van der Waals surface area contributed by atoms with E-state index >= 15 is 0 Å². The first-order valence-electron chi connectivity index (χ1n) is 10.1. The van der Waals surface area contributed by atoms with Gasteiger partial charge in [-0.25, -0.2) is 14.3 Å². The number of hydrogen-bond donors (Lipinski definition) is 3. The molecule has 2 atom stereocenters. The third kappa shape index (κ3) is 5.73. The van der Waals surface area contributed by atoms with E-state index in [0.29, 0.717) is 5.56 Å². The van der Waals surface area contributed by atoms with Crippen molar-refractivity contribution in [1.29, 1.82) is 0 Å². The van der Waals surface area contributed by atoms with Crippen molar-refractivity contribution in [2.75, 3.05) is 0 Å². The van der Waals surface area contributed by atoms with E-state index in [2.05, 4.69) is 27.9 Å². The highest BCUT2D eigenvalue weighted by atomic mass is 35.5. The van der Waals surface area contributed by atoms with E-state index in [4.69, 9.17) is 21.8 Å². The van der Waals surface area contributed by atoms with Crippen LogP contribution in [0.5, 0.6) is 0 Å². The highest BCUT2D eigenvalue weighted by molar-refractivity contribution is 7.80. The number of hydrogen-bond acceptors (Lipinski definition) is 6. The highest BCUT2D eigenvalue weighted by Crippen LogP contribution is 2.32. The standard InChI is InChI=1S/C13H16FN3O2.C10H9ClN2S/c1-6-4-5-9(14)10(7(6)2)8(3)11(15)12-16-17-13(18)19-12;1-13-6-7(5-12-13)9-4-8(14)2-3-10(9)11/h4-5,8,11H,15H2,1-3H3,(H,17,18);2-6,14H,1H3. The van der Waals surface area contributed by atoms with E-state index in [-0.39, 0.29) is 17.6 Å². The van der Waals surface area contributed by atoms with Crippen LogP contribution < -0.4 is 11.5 Å². The van der Waals surface area contributed by atoms with Crippen molar-refractivity contribution in [1.82, 2.24) is 20.0 Å². The Morgan fingerprint density at radius 1 is 1.27 bits per heavy atom. The topological polar surface area (TPSA) is 103 Å². The van der Waals surface area contributed by atoms with Crippen LogP contribution >= 0.6 is 24.2 Å². The van der Waals surface area contributed by atoms with Crippen molar-refractivity contribution in [3.05, 3.63) is 86.7 Å². The summed E-state index contributed by atoms with van der Waals surface area (Å²) in [4.78, 5) is 11.8. The van der Waals surface area contributed by atoms with Gasteiger partial charge in [0.15, 0.2) is 0 Å². The summed E-state index contributed by atoms with van der Waals surface area (Å²) in [6, 6.07) is 8.09. The van der Waals surface area contributed by atoms with Crippen LogP contribution in [-0.2, 0) is 7.05 Å². The number of H-pyrrole nitrogens is 1. The van der Waals surface area contributed by atoms with Crippen LogP contribution in [0.15, 0.2) is 56.8 Å². The summed E-state index contributed by atoms with van der Waals surface area (Å²) >= 11 is 10.3. The number of nitrogens with two attached hydrogens (primary N) is 1. The number of benzene rings is 2. The third-order valence-corrected chi connectivity index (χ3v) is 6.04. The van der Waals surface area contributed by atoms with Gasteiger partial charge in [0.25, 0.3) is 0 Å². The number of aryl methyl sites for hydroxylation is 2. The fourth-order valence-corrected chi connectivity index (χ4v) is 3.87. The number of halogens is 2. The van der Waals surface area contributed by atoms with Gasteiger partial charge in [0.1, 0.15) is 5.82 Å². The average Bonchev–Trinajstić information content (AvgIpc) is 3.41. The zero-order chi connectivity index (χ0) is 24.3. The summed E-state index contributed by atoms with van der Waals surface area (Å²) in [6.45, 7) is 5.53. The van der Waals surface area contributed by atoms with Gasteiger partial charge in [-0.2, -0.15) is 5.10 Å². The van der Waals surface area contributed by atoms with Crippen molar-refractivity contribution in [3.63, 3.8) is 0 Å². The molecule has 0 aliphatic heterocycles. The molecule has 174 valence electrons. The summed E-state index contributed by atoms with van der Waals surface area (Å²) in [5, 5.41) is 10.7. The second-order valence-corrected chi connectivity index (χ2v) is 8.66. The minimum Gasteiger partial charge on any atom is -0.391 e. The Morgan fingerprint density at radius 3 is 2.61 bits per heavy atom. The fraction of sp³-hybridized carbons (Fsp3) is 0.261. The van der Waals surface area contributed by atoms with Gasteiger partial charge >= 0.3 is 5.76 Å². The molecular weight excluding hydrogens is 465 g/mol. The zero-order valence-corrected chi connectivity index (χ0v) is 20.3. The van der Waals surface area contributed by atoms with E-state index in [9.17, 15) is 9.18 Å². The first kappa shape index (κ1) is 24.8. The summed E-state index contributed by atoms with van der Waals surface area (Å²) < 4.78 is 20.6. The zero-order valence-electron chi connectivity index (χ0n) is 18.6. The van der Waals surface area contributed by atoms with E-state index in [1.807, 2.05) is 45.3 Å². The van der Waals surface area contributed by atoms with Gasteiger partial charge < -0.3 is 10.2 Å². The molecule has 0 radical (unpaired) electrons. The van der Waals surface area contributed by atoms with Crippen LogP contribution in [0.1, 0.15) is 41.5 Å². The lowest BCUT2D eigenvalue weighted by atomic mass is 9.88. The molecule has 0 saturated heterocycles. The maximum atomic E-state index is 14.0. The molecule has 0 fully saturated rings. The molecule has 0 bridgehead atoms. The van der Waals surface area contributed by atoms with Crippen LogP contribution in [-0.4, -0.2) is 20.0 Å². The molecule has 2 aromatic heterocycles. The summed E-state index contributed by atoms with van der Waals surface area (Å²) in [5.74, 6) is -1.26. The molecule has 3 N–H and O–H groups in total. The fourth-order valence-electron chi connectivity index (χ4n) is 3.44. The van der Waals surface area contributed by atoms with Crippen molar-refractivity contribution >= 4 is 24.2 Å². The molecule has 0 spiro atoms. The number of nitrogens with one attached hydrogen (secondary N) is 1. The summed E-state index contributed by atoms with van der Waals surface area (Å²) in [6.07, 6.45) is 3.71. The molecule has 0 aliphatic carbocycles. The van der Waals surface area contributed by atoms with Crippen LogP contribution in [0.4, 0.5) is 4.39 Å². The molecule has 2 unspecified atom stereocenters. The van der Waals surface area contributed by atoms with Gasteiger partial charge in [0.05, 0.1) is 12.2 Å². The quantitative estimate of drug-likeness (QED) is 0.352. The van der Waals surface area contributed by atoms with Crippen molar-refractivity contribution < 1.29 is 8.81 Å². The predicted octanol–water partition coefficient (Wildman–Crippen LogP) is 4.95. The van der Waals surface area contributed by atoms with E-state index < -0.39 is 11.8 Å². The molecule has 0 saturated carbocycles. The van der Waals surface area contributed by atoms with Crippen molar-refractivity contribution in [3.8, 4) is 11.1 Å². The lowest BCUT2D eigenvalue weighted by Gasteiger charge is -2.20. The van der Waals surface area contributed by atoms with Crippen LogP contribution in [0.3, 0.4) is 0 Å². The molecule has 10 heteroatoms. The van der Waals surface area contributed by atoms with E-state index in [0.717, 1.165) is 32.2 Å². The monoisotopic (exact) mass is 489 g/mol. The molecule has 2 aromatic carbocycles. The summed E-state index contributed by atoms with van der Waals surface area (Å²) in [7, 11) is 1.88. The van der Waals surface area contributed by atoms with Gasteiger partial charge in [-0.15, -0.1) is 17.7 Å². The van der Waals surface area contributed by atoms with Gasteiger partial charge in [-0.3, -0.25) is 4.68 Å². The Kier molecular flexibility index (Phi) is 7.78. The van der Waals surface area contributed by atoms with Gasteiger partial charge in [-0.05, 0) is 54.8 Å². The molecule has 7 nitrogen and oxygen atoms in total. The normalized spacial score (nSPS) is 12.7. The Labute approximate surface area is 201 Å². The van der Waals surface area contributed by atoms with Crippen molar-refractivity contribution in [2.45, 2.75) is 37.6 Å². The molecule has 0 amide bonds. The maximum absolute atomic E-state index is 14.0. The lowest BCUT2D eigenvalue weighted by Crippen LogP contribution is -2.20. The van der Waals surface area contributed by atoms with Gasteiger partial charge in [0.2, 0.25) is 5.89 Å². The number of thiol groups is 1. The largest absolute Gasteiger partial charge is 0.434 e. The minimum atomic E-state index is -0.686. The SMILES string of the molecule is Cc1ccc(F)c(C(C)C(N)c2n[nH]c(=O)o2)c1C.Cn1cc(-c2cc(S)ccc2Cl)cn1. The molecular formula is C23H25ClFN5O2S. The first-order valence-corrected chi connectivity index (χ1v) is 10.9. The Morgan fingerprint density at radius 2 is 2.00 bits per heavy atom. The smallest absolute Gasteiger partial charge is 0.391 e. The molecule has 0 aliphatic rings. The van der Waals surface area contributed by atoms with Crippen LogP contribution in [0.2, 0.25) is 5.02 Å². The number of aromatic amines is 1. The lowest BCUT2D eigenvalue weighted by molar-refractivity contribution is 0.396. The summed E-state index contributed by atoms with van der Waals surface area (Å²) in [5.41, 5.74) is 10.3. The Balaban J connectivity index is 0.000000194. The number of rotatable bonds is 4. The van der Waals surface area contributed by atoms with Crippen LogP contribution in [0, 0.1) is 19.7 Å². The molecule has 2 heterocycles. The van der Waals surface area contributed by atoms with Gasteiger partial charge in [-0.1, -0.05) is 24.6 Å². The second-order valence-electron chi connectivity index (χ2n) is 7.74. The predicted molar refractivity (Wildman–Crippen MR) is 129 cm³/mol. The Hall–Kier alpha value is -2.88. The highest BCUT2D eigenvalue weighted by Gasteiger charge is 2.26. The van der Waals surface area contributed by atoms with E-state index in [1.165, 1.54) is 6.07 Å². The maximum Gasteiger partial charge on any atom is 0.434 e. The number of nitrogens with zero attached hydrogens (tertiary/aromatic N) is 3. The van der Waals surface area contributed by atoms with Crippen molar-refractivity contribution in [2.24, 2.45) is 12.8 Å². The number of aromatic nitrogens is 4. The molecule has 4 rings (SSSR count). The van der Waals surface area contributed by atoms with Crippen LogP contribution in [0.25, 0.3) is 11.1 Å². The van der Waals surface area contributed by atoms with Gasteiger partial charge in [0, 0.05) is 40.2 Å². The molecule has 33 heavy (non-hydrogen) atoms. The second kappa shape index (κ2) is 10.4. The molecule has 4 aromatic rings. The minimum absolute atomic E-state index is 0.0813. The third-order valence-electron chi connectivity index (χ3n) is 5.43. The first-order chi connectivity index (χ1) is 15.6. The van der Waals surface area contributed by atoms with E-state index in [1.54, 1.807) is 23.9 Å².